The normalized spacial score (nSPS) is 10.7. The van der Waals surface area contributed by atoms with Crippen LogP contribution in [0.3, 0.4) is 0 Å². The molecule has 0 aliphatic heterocycles. The van der Waals surface area contributed by atoms with Gasteiger partial charge in [0.1, 0.15) is 0 Å². The summed E-state index contributed by atoms with van der Waals surface area (Å²) in [6, 6.07) is 15.4. The number of nitrogens with one attached hydrogen (secondary N) is 1. The van der Waals surface area contributed by atoms with Crippen molar-refractivity contribution in [2.24, 2.45) is 0 Å². The van der Waals surface area contributed by atoms with Gasteiger partial charge in [-0.25, -0.2) is 10.5 Å². The highest BCUT2D eigenvalue weighted by molar-refractivity contribution is 5.96. The Labute approximate surface area is 121 Å². The summed E-state index contributed by atoms with van der Waals surface area (Å²) in [6.07, 6.45) is 2.69. The molecular weight excluding hydrogens is 266 g/mol. The second-order valence-corrected chi connectivity index (χ2v) is 4.82. The van der Waals surface area contributed by atoms with E-state index >= 15 is 0 Å². The largest absolute Gasteiger partial charge is 0.330 e. The van der Waals surface area contributed by atoms with Gasteiger partial charge in [-0.15, -0.1) is 0 Å². The molecule has 0 aliphatic carbocycles. The molecule has 2 aromatic carbocycles. The Bertz CT molecular complexity index is 766. The number of amides is 1. The van der Waals surface area contributed by atoms with Crippen molar-refractivity contribution in [3.8, 4) is 0 Å². The summed E-state index contributed by atoms with van der Waals surface area (Å²) in [6.45, 7) is 0.825. The van der Waals surface area contributed by atoms with Gasteiger partial charge in [-0.2, -0.15) is 0 Å². The number of benzene rings is 2. The number of hydrogen-bond acceptors (Lipinski definition) is 3. The Hall–Kier alpha value is -2.66. The lowest BCUT2D eigenvalue weighted by atomic mass is 10.1. The molecule has 1 amide bonds. The number of aryl methyl sites for hydroxylation is 2. The first kappa shape index (κ1) is 13.3. The molecule has 2 N–H and O–H groups in total. The summed E-state index contributed by atoms with van der Waals surface area (Å²) >= 11 is 0. The average Bonchev–Trinajstić information content (AvgIpc) is 2.95. The molecule has 0 aliphatic rings. The number of imidazole rings is 1. The molecule has 0 spiro atoms. The van der Waals surface area contributed by atoms with E-state index in [4.69, 9.17) is 5.21 Å². The van der Waals surface area contributed by atoms with E-state index in [1.54, 1.807) is 23.9 Å². The zero-order chi connectivity index (χ0) is 14.7. The van der Waals surface area contributed by atoms with Crippen LogP contribution in [0.25, 0.3) is 11.0 Å². The van der Waals surface area contributed by atoms with Crippen LogP contribution in [0, 0.1) is 0 Å². The minimum absolute atomic E-state index is 0.387. The van der Waals surface area contributed by atoms with Gasteiger partial charge in [0.05, 0.1) is 17.4 Å². The SMILES string of the molecule is O=C(NO)c1ccc2c(c1)ncn2CCc1ccccc1. The molecule has 0 unspecified atom stereocenters. The van der Waals surface area contributed by atoms with Crippen molar-refractivity contribution in [1.29, 1.82) is 0 Å². The predicted molar refractivity (Wildman–Crippen MR) is 79.1 cm³/mol. The molecule has 1 aromatic heterocycles. The Morgan fingerprint density at radius 3 is 2.76 bits per heavy atom. The third kappa shape index (κ3) is 2.78. The van der Waals surface area contributed by atoms with Crippen LogP contribution in [-0.2, 0) is 13.0 Å². The highest BCUT2D eigenvalue weighted by atomic mass is 16.5. The Morgan fingerprint density at radius 1 is 1.19 bits per heavy atom. The van der Waals surface area contributed by atoms with Gasteiger partial charge in [-0.05, 0) is 30.2 Å². The number of rotatable bonds is 4. The maximum atomic E-state index is 11.4. The average molecular weight is 281 g/mol. The number of nitrogens with zero attached hydrogens (tertiary/aromatic N) is 2. The zero-order valence-corrected chi connectivity index (χ0v) is 11.4. The van der Waals surface area contributed by atoms with E-state index in [1.807, 2.05) is 24.3 Å². The molecule has 21 heavy (non-hydrogen) atoms. The number of hydroxylamine groups is 1. The Kier molecular flexibility index (Phi) is 3.66. The Morgan fingerprint density at radius 2 is 2.00 bits per heavy atom. The monoisotopic (exact) mass is 281 g/mol. The summed E-state index contributed by atoms with van der Waals surface area (Å²) in [5.41, 5.74) is 5.00. The summed E-state index contributed by atoms with van der Waals surface area (Å²) in [4.78, 5) is 15.7. The van der Waals surface area contributed by atoms with E-state index in [1.165, 1.54) is 5.56 Å². The molecule has 1 heterocycles. The first-order valence-electron chi connectivity index (χ1n) is 6.71. The lowest BCUT2D eigenvalue weighted by Gasteiger charge is -2.05. The number of carbonyl (C=O) groups excluding carboxylic acids is 1. The Balaban J connectivity index is 1.82. The standard InChI is InChI=1S/C16H15N3O2/c20-16(18-21)13-6-7-15-14(10-13)17-11-19(15)9-8-12-4-2-1-3-5-12/h1-7,10-11,21H,8-9H2,(H,18,20). The van der Waals surface area contributed by atoms with Gasteiger partial charge in [0, 0.05) is 12.1 Å². The van der Waals surface area contributed by atoms with E-state index in [9.17, 15) is 4.79 Å². The van der Waals surface area contributed by atoms with Gasteiger partial charge in [-0.3, -0.25) is 10.0 Å². The summed E-state index contributed by atoms with van der Waals surface area (Å²) < 4.78 is 2.06. The molecule has 0 fully saturated rings. The molecular formula is C16H15N3O2. The van der Waals surface area contributed by atoms with Gasteiger partial charge in [0.25, 0.3) is 5.91 Å². The van der Waals surface area contributed by atoms with Gasteiger partial charge in [0.2, 0.25) is 0 Å². The molecule has 0 radical (unpaired) electrons. The van der Waals surface area contributed by atoms with E-state index in [0.29, 0.717) is 5.56 Å². The van der Waals surface area contributed by atoms with Crippen molar-refractivity contribution in [2.45, 2.75) is 13.0 Å². The van der Waals surface area contributed by atoms with Gasteiger partial charge >= 0.3 is 0 Å². The second kappa shape index (κ2) is 5.76. The summed E-state index contributed by atoms with van der Waals surface area (Å²) in [7, 11) is 0. The van der Waals surface area contributed by atoms with Crippen molar-refractivity contribution in [2.75, 3.05) is 0 Å². The molecule has 0 atom stereocenters. The maximum Gasteiger partial charge on any atom is 0.274 e. The van der Waals surface area contributed by atoms with Crippen molar-refractivity contribution in [3.63, 3.8) is 0 Å². The van der Waals surface area contributed by atoms with Crippen molar-refractivity contribution in [1.82, 2.24) is 15.0 Å². The van der Waals surface area contributed by atoms with Gasteiger partial charge in [0.15, 0.2) is 0 Å². The van der Waals surface area contributed by atoms with Gasteiger partial charge < -0.3 is 4.57 Å². The molecule has 106 valence electrons. The van der Waals surface area contributed by atoms with E-state index < -0.39 is 5.91 Å². The predicted octanol–water partition coefficient (Wildman–Crippen LogP) is 2.40. The summed E-state index contributed by atoms with van der Waals surface area (Å²) in [5.74, 6) is -0.532. The number of carbonyl (C=O) groups is 1. The van der Waals surface area contributed by atoms with Crippen LogP contribution in [0.2, 0.25) is 0 Å². The van der Waals surface area contributed by atoms with Crippen LogP contribution < -0.4 is 5.48 Å². The van der Waals surface area contributed by atoms with Crippen LogP contribution in [0.1, 0.15) is 15.9 Å². The molecule has 5 nitrogen and oxygen atoms in total. The summed E-state index contributed by atoms with van der Waals surface area (Å²) in [5, 5.41) is 8.65. The van der Waals surface area contributed by atoms with Crippen LogP contribution in [0.15, 0.2) is 54.9 Å². The van der Waals surface area contributed by atoms with Crippen molar-refractivity contribution in [3.05, 3.63) is 66.0 Å². The fourth-order valence-corrected chi connectivity index (χ4v) is 2.34. The van der Waals surface area contributed by atoms with Crippen LogP contribution >= 0.6 is 0 Å². The maximum absolute atomic E-state index is 11.4. The first-order valence-corrected chi connectivity index (χ1v) is 6.71. The number of hydrogen-bond donors (Lipinski definition) is 2. The fraction of sp³-hybridized carbons (Fsp3) is 0.125. The third-order valence-electron chi connectivity index (χ3n) is 3.47. The highest BCUT2D eigenvalue weighted by Crippen LogP contribution is 2.16. The van der Waals surface area contributed by atoms with Gasteiger partial charge in [-0.1, -0.05) is 30.3 Å². The zero-order valence-electron chi connectivity index (χ0n) is 11.4. The lowest BCUT2D eigenvalue weighted by molar-refractivity contribution is 0.0706. The molecule has 5 heteroatoms. The van der Waals surface area contributed by atoms with Crippen LogP contribution in [-0.4, -0.2) is 20.7 Å². The number of aromatic nitrogens is 2. The molecule has 0 saturated carbocycles. The minimum Gasteiger partial charge on any atom is -0.330 e. The highest BCUT2D eigenvalue weighted by Gasteiger charge is 2.08. The van der Waals surface area contributed by atoms with Crippen LogP contribution in [0.4, 0.5) is 0 Å². The smallest absolute Gasteiger partial charge is 0.274 e. The van der Waals surface area contributed by atoms with Crippen molar-refractivity contribution < 1.29 is 10.0 Å². The number of fused-ring (bicyclic) bond motifs is 1. The first-order chi connectivity index (χ1) is 10.3. The van der Waals surface area contributed by atoms with E-state index in [2.05, 4.69) is 21.7 Å². The molecule has 3 aromatic rings. The topological polar surface area (TPSA) is 67.2 Å². The van der Waals surface area contributed by atoms with Crippen molar-refractivity contribution >= 4 is 16.9 Å². The second-order valence-electron chi connectivity index (χ2n) is 4.82. The third-order valence-corrected chi connectivity index (χ3v) is 3.47. The molecule has 0 saturated heterocycles. The van der Waals surface area contributed by atoms with E-state index in [-0.39, 0.29) is 0 Å². The van der Waals surface area contributed by atoms with E-state index in [0.717, 1.165) is 24.0 Å². The quantitative estimate of drug-likeness (QED) is 0.570. The minimum atomic E-state index is -0.532. The molecule has 3 rings (SSSR count). The fourth-order valence-electron chi connectivity index (χ4n) is 2.34. The van der Waals surface area contributed by atoms with Crippen LogP contribution in [0.5, 0.6) is 0 Å². The lowest BCUT2D eigenvalue weighted by Crippen LogP contribution is -2.18. The molecule has 0 bridgehead atoms.